The van der Waals surface area contributed by atoms with Crippen LogP contribution in [-0.2, 0) is 14.3 Å². The van der Waals surface area contributed by atoms with Crippen molar-refractivity contribution in [3.05, 3.63) is 0 Å². The molecule has 1 aliphatic rings. The lowest BCUT2D eigenvalue weighted by atomic mass is 10.0. The standard InChI is InChI=1S/C15H29N3O3/c1-11(2)8-13(15(20)21-4)17-14(19)10-18(3)9-12-6-5-7-16-12/h11-13,16H,5-10H2,1-4H3,(H,17,19). The summed E-state index contributed by atoms with van der Waals surface area (Å²) in [6.07, 6.45) is 2.94. The Hall–Kier alpha value is -1.14. The molecule has 2 atom stereocenters. The molecule has 1 heterocycles. The molecule has 0 spiro atoms. The van der Waals surface area contributed by atoms with Crippen LogP contribution in [0.25, 0.3) is 0 Å². The molecule has 1 amide bonds. The Labute approximate surface area is 127 Å². The van der Waals surface area contributed by atoms with Crippen molar-refractivity contribution in [2.45, 2.75) is 45.2 Å². The van der Waals surface area contributed by atoms with E-state index in [1.54, 1.807) is 0 Å². The van der Waals surface area contributed by atoms with Crippen LogP contribution in [0.4, 0.5) is 0 Å². The molecule has 0 aromatic heterocycles. The van der Waals surface area contributed by atoms with Crippen molar-refractivity contribution in [3.63, 3.8) is 0 Å². The van der Waals surface area contributed by atoms with Crippen LogP contribution in [0.2, 0.25) is 0 Å². The van der Waals surface area contributed by atoms with Crippen molar-refractivity contribution in [2.24, 2.45) is 5.92 Å². The van der Waals surface area contributed by atoms with Crippen molar-refractivity contribution in [1.82, 2.24) is 15.5 Å². The second-order valence-corrected chi connectivity index (χ2v) is 6.26. The molecule has 1 fully saturated rings. The third kappa shape index (κ3) is 6.91. The van der Waals surface area contributed by atoms with Gasteiger partial charge in [0.15, 0.2) is 0 Å². The average molecular weight is 299 g/mol. The molecule has 6 heteroatoms. The number of carbonyl (C=O) groups is 2. The molecule has 0 aliphatic carbocycles. The van der Waals surface area contributed by atoms with Crippen LogP contribution in [-0.4, -0.2) is 62.7 Å². The van der Waals surface area contributed by atoms with Gasteiger partial charge in [-0.05, 0) is 38.8 Å². The SMILES string of the molecule is COC(=O)C(CC(C)C)NC(=O)CN(C)CC1CCCN1. The fourth-order valence-corrected chi connectivity index (χ4v) is 2.67. The number of nitrogens with zero attached hydrogens (tertiary/aromatic N) is 1. The summed E-state index contributed by atoms with van der Waals surface area (Å²) in [6, 6.07) is -0.0876. The van der Waals surface area contributed by atoms with E-state index in [1.165, 1.54) is 13.5 Å². The van der Waals surface area contributed by atoms with Crippen molar-refractivity contribution < 1.29 is 14.3 Å². The zero-order valence-corrected chi connectivity index (χ0v) is 13.6. The van der Waals surface area contributed by atoms with Gasteiger partial charge in [-0.15, -0.1) is 0 Å². The molecule has 21 heavy (non-hydrogen) atoms. The van der Waals surface area contributed by atoms with Gasteiger partial charge in [0.2, 0.25) is 5.91 Å². The zero-order chi connectivity index (χ0) is 15.8. The number of likely N-dealkylation sites (N-methyl/N-ethyl adjacent to an activating group) is 1. The lowest BCUT2D eigenvalue weighted by Crippen LogP contribution is -2.47. The lowest BCUT2D eigenvalue weighted by Gasteiger charge is -2.23. The van der Waals surface area contributed by atoms with E-state index in [4.69, 9.17) is 4.74 Å². The normalized spacial score (nSPS) is 19.8. The van der Waals surface area contributed by atoms with Gasteiger partial charge >= 0.3 is 5.97 Å². The summed E-state index contributed by atoms with van der Waals surface area (Å²) in [5.41, 5.74) is 0. The highest BCUT2D eigenvalue weighted by atomic mass is 16.5. The quantitative estimate of drug-likeness (QED) is 0.634. The third-order valence-corrected chi connectivity index (χ3v) is 3.64. The first-order valence-corrected chi connectivity index (χ1v) is 7.71. The maximum absolute atomic E-state index is 12.1. The number of hydrogen-bond donors (Lipinski definition) is 2. The molecular weight excluding hydrogens is 270 g/mol. The Morgan fingerprint density at radius 3 is 2.67 bits per heavy atom. The topological polar surface area (TPSA) is 70.7 Å². The highest BCUT2D eigenvalue weighted by molar-refractivity contribution is 5.85. The maximum Gasteiger partial charge on any atom is 0.328 e. The molecular formula is C15H29N3O3. The van der Waals surface area contributed by atoms with Gasteiger partial charge in [-0.25, -0.2) is 4.79 Å². The van der Waals surface area contributed by atoms with Crippen LogP contribution in [0, 0.1) is 5.92 Å². The molecule has 1 rings (SSSR count). The van der Waals surface area contributed by atoms with E-state index in [-0.39, 0.29) is 11.9 Å². The Balaban J connectivity index is 2.39. The molecule has 0 radical (unpaired) electrons. The molecule has 0 aromatic rings. The van der Waals surface area contributed by atoms with E-state index in [9.17, 15) is 9.59 Å². The van der Waals surface area contributed by atoms with E-state index in [1.807, 2.05) is 25.8 Å². The molecule has 1 saturated heterocycles. The minimum Gasteiger partial charge on any atom is -0.467 e. The van der Waals surface area contributed by atoms with Crippen LogP contribution in [0.3, 0.4) is 0 Å². The number of nitrogens with one attached hydrogen (secondary N) is 2. The van der Waals surface area contributed by atoms with Crippen LogP contribution >= 0.6 is 0 Å². The summed E-state index contributed by atoms with van der Waals surface area (Å²) in [5, 5.41) is 6.19. The van der Waals surface area contributed by atoms with Crippen molar-refractivity contribution in [2.75, 3.05) is 33.8 Å². The van der Waals surface area contributed by atoms with Gasteiger partial charge in [0.25, 0.3) is 0 Å². The second kappa shape index (κ2) is 9.00. The van der Waals surface area contributed by atoms with E-state index in [0.29, 0.717) is 24.9 Å². The number of amides is 1. The molecule has 2 unspecified atom stereocenters. The second-order valence-electron chi connectivity index (χ2n) is 6.26. The van der Waals surface area contributed by atoms with Crippen molar-refractivity contribution in [3.8, 4) is 0 Å². The van der Waals surface area contributed by atoms with Gasteiger partial charge in [0.05, 0.1) is 13.7 Å². The Kier molecular flexibility index (Phi) is 7.67. The van der Waals surface area contributed by atoms with Gasteiger partial charge < -0.3 is 15.4 Å². The molecule has 1 aliphatic heterocycles. The van der Waals surface area contributed by atoms with Crippen LogP contribution in [0.1, 0.15) is 33.1 Å². The number of ether oxygens (including phenoxy) is 1. The molecule has 122 valence electrons. The fourth-order valence-electron chi connectivity index (χ4n) is 2.67. The maximum atomic E-state index is 12.1. The minimum atomic E-state index is -0.555. The number of esters is 1. The largest absolute Gasteiger partial charge is 0.467 e. The zero-order valence-electron chi connectivity index (χ0n) is 13.6. The van der Waals surface area contributed by atoms with Gasteiger partial charge in [0, 0.05) is 12.6 Å². The molecule has 0 aromatic carbocycles. The summed E-state index contributed by atoms with van der Waals surface area (Å²) in [4.78, 5) is 25.7. The van der Waals surface area contributed by atoms with Crippen LogP contribution in [0.15, 0.2) is 0 Å². The summed E-state index contributed by atoms with van der Waals surface area (Å²) < 4.78 is 4.75. The number of methoxy groups -OCH3 is 1. The Morgan fingerprint density at radius 1 is 1.43 bits per heavy atom. The molecule has 2 N–H and O–H groups in total. The Morgan fingerprint density at radius 2 is 2.14 bits per heavy atom. The van der Waals surface area contributed by atoms with Gasteiger partial charge in [-0.1, -0.05) is 13.8 Å². The highest BCUT2D eigenvalue weighted by Gasteiger charge is 2.23. The van der Waals surface area contributed by atoms with E-state index >= 15 is 0 Å². The predicted molar refractivity (Wildman–Crippen MR) is 81.9 cm³/mol. The van der Waals surface area contributed by atoms with Gasteiger partial charge in [-0.3, -0.25) is 9.69 Å². The summed E-state index contributed by atoms with van der Waals surface area (Å²) in [6.45, 7) is 6.23. The molecule has 6 nitrogen and oxygen atoms in total. The number of hydrogen-bond acceptors (Lipinski definition) is 5. The van der Waals surface area contributed by atoms with E-state index in [2.05, 4.69) is 10.6 Å². The van der Waals surface area contributed by atoms with Gasteiger partial charge in [-0.2, -0.15) is 0 Å². The first kappa shape index (κ1) is 17.9. The summed E-state index contributed by atoms with van der Waals surface area (Å²) in [5.74, 6) is -0.196. The summed E-state index contributed by atoms with van der Waals surface area (Å²) >= 11 is 0. The van der Waals surface area contributed by atoms with Crippen molar-refractivity contribution >= 4 is 11.9 Å². The Bertz CT molecular complexity index is 341. The number of carbonyl (C=O) groups excluding carboxylic acids is 2. The molecule has 0 saturated carbocycles. The minimum absolute atomic E-state index is 0.133. The van der Waals surface area contributed by atoms with E-state index in [0.717, 1.165) is 19.5 Å². The van der Waals surface area contributed by atoms with Crippen LogP contribution < -0.4 is 10.6 Å². The third-order valence-electron chi connectivity index (χ3n) is 3.64. The monoisotopic (exact) mass is 299 g/mol. The lowest BCUT2D eigenvalue weighted by molar-refractivity contribution is -0.145. The first-order chi connectivity index (χ1) is 9.92. The number of rotatable bonds is 8. The van der Waals surface area contributed by atoms with E-state index < -0.39 is 6.04 Å². The predicted octanol–water partition coefficient (Wildman–Crippen LogP) is 0.374. The fraction of sp³-hybridized carbons (Fsp3) is 0.867. The average Bonchev–Trinajstić information content (AvgIpc) is 2.88. The first-order valence-electron chi connectivity index (χ1n) is 7.71. The van der Waals surface area contributed by atoms with Crippen molar-refractivity contribution in [1.29, 1.82) is 0 Å². The van der Waals surface area contributed by atoms with Crippen LogP contribution in [0.5, 0.6) is 0 Å². The highest BCUT2D eigenvalue weighted by Crippen LogP contribution is 2.07. The van der Waals surface area contributed by atoms with Gasteiger partial charge in [0.1, 0.15) is 6.04 Å². The smallest absolute Gasteiger partial charge is 0.328 e. The molecule has 0 bridgehead atoms. The summed E-state index contributed by atoms with van der Waals surface area (Å²) in [7, 11) is 3.27.